The molecule has 0 spiro atoms. The van der Waals surface area contributed by atoms with Gasteiger partial charge in [0.25, 0.3) is 0 Å². The molecule has 0 aliphatic heterocycles. The van der Waals surface area contributed by atoms with Crippen LogP contribution in [0.5, 0.6) is 11.5 Å². The molecule has 5 nitrogen and oxygen atoms in total. The molecule has 0 saturated carbocycles. The van der Waals surface area contributed by atoms with Crippen molar-refractivity contribution in [3.63, 3.8) is 0 Å². The first-order chi connectivity index (χ1) is 13.1. The van der Waals surface area contributed by atoms with Gasteiger partial charge in [0.1, 0.15) is 23.3 Å². The van der Waals surface area contributed by atoms with E-state index in [1.807, 2.05) is 30.5 Å². The van der Waals surface area contributed by atoms with Gasteiger partial charge in [0, 0.05) is 15.8 Å². The molecule has 27 heavy (non-hydrogen) atoms. The van der Waals surface area contributed by atoms with Crippen LogP contribution in [0.2, 0.25) is 5.15 Å². The number of thioether (sulfide) groups is 1. The number of esters is 1. The highest BCUT2D eigenvalue weighted by atomic mass is 35.5. The third-order valence-electron chi connectivity index (χ3n) is 3.86. The topological polar surface area (TPSA) is 57.7 Å². The van der Waals surface area contributed by atoms with Crippen LogP contribution in [0.3, 0.4) is 0 Å². The molecule has 0 aliphatic carbocycles. The van der Waals surface area contributed by atoms with E-state index in [0.717, 1.165) is 15.8 Å². The molecule has 3 rings (SSSR count). The number of carbonyl (C=O) groups is 1. The third kappa shape index (κ3) is 5.05. The second-order valence-electron chi connectivity index (χ2n) is 5.62. The summed E-state index contributed by atoms with van der Waals surface area (Å²) < 4.78 is 15.7. The molecular weight excluding hydrogens is 386 g/mol. The Morgan fingerprint density at radius 2 is 1.85 bits per heavy atom. The molecule has 3 aromatic rings. The van der Waals surface area contributed by atoms with E-state index in [1.54, 1.807) is 43.1 Å². The average Bonchev–Trinajstić information content (AvgIpc) is 2.70. The first kappa shape index (κ1) is 19.3. The molecule has 1 aromatic heterocycles. The van der Waals surface area contributed by atoms with Crippen LogP contribution in [-0.4, -0.2) is 30.9 Å². The fourth-order valence-corrected chi connectivity index (χ4v) is 3.04. The number of hydrogen-bond donors (Lipinski definition) is 0. The van der Waals surface area contributed by atoms with Crippen molar-refractivity contribution in [3.05, 3.63) is 59.2 Å². The molecule has 0 N–H and O–H groups in total. The van der Waals surface area contributed by atoms with Crippen LogP contribution < -0.4 is 9.47 Å². The highest BCUT2D eigenvalue weighted by Gasteiger charge is 2.10. The standard InChI is InChI=1S/C20H18ClNO4S/c1-24-15-4-6-16(7-5-15)25-12-19(23)26-11-14-9-13-3-8-17(27-2)10-18(13)22-20(14)21/h3-10H,11-12H2,1-2H3. The minimum atomic E-state index is -0.486. The molecule has 0 aliphatic rings. The lowest BCUT2D eigenvalue weighted by molar-refractivity contribution is -0.147. The van der Waals surface area contributed by atoms with E-state index in [4.69, 9.17) is 25.8 Å². The maximum Gasteiger partial charge on any atom is 0.344 e. The summed E-state index contributed by atoms with van der Waals surface area (Å²) in [5.41, 5.74) is 1.46. The molecule has 0 bridgehead atoms. The first-order valence-electron chi connectivity index (χ1n) is 8.14. The van der Waals surface area contributed by atoms with Crippen molar-refractivity contribution in [1.29, 1.82) is 0 Å². The second kappa shape index (κ2) is 8.97. The Labute approximate surface area is 166 Å². The van der Waals surface area contributed by atoms with Crippen LogP contribution in [0.15, 0.2) is 53.4 Å². The number of methoxy groups -OCH3 is 1. The van der Waals surface area contributed by atoms with E-state index in [1.165, 1.54) is 0 Å². The summed E-state index contributed by atoms with van der Waals surface area (Å²) in [6.07, 6.45) is 2.00. The van der Waals surface area contributed by atoms with E-state index in [-0.39, 0.29) is 13.2 Å². The molecule has 0 amide bonds. The first-order valence-corrected chi connectivity index (χ1v) is 9.75. The molecule has 2 aromatic carbocycles. The van der Waals surface area contributed by atoms with Crippen molar-refractivity contribution in [1.82, 2.24) is 4.98 Å². The molecule has 0 radical (unpaired) electrons. The van der Waals surface area contributed by atoms with Gasteiger partial charge < -0.3 is 14.2 Å². The van der Waals surface area contributed by atoms with E-state index in [9.17, 15) is 4.79 Å². The molecule has 0 fully saturated rings. The molecule has 7 heteroatoms. The van der Waals surface area contributed by atoms with Crippen LogP contribution in [0.4, 0.5) is 0 Å². The second-order valence-corrected chi connectivity index (χ2v) is 6.86. The number of nitrogens with zero attached hydrogens (tertiary/aromatic N) is 1. The lowest BCUT2D eigenvalue weighted by Crippen LogP contribution is -2.15. The summed E-state index contributed by atoms with van der Waals surface area (Å²) in [5.74, 6) is 0.787. The van der Waals surface area contributed by atoms with Gasteiger partial charge in [-0.2, -0.15) is 0 Å². The number of pyridine rings is 1. The number of hydrogen-bond acceptors (Lipinski definition) is 6. The van der Waals surface area contributed by atoms with Crippen molar-refractivity contribution in [2.24, 2.45) is 0 Å². The quantitative estimate of drug-likeness (QED) is 0.322. The van der Waals surface area contributed by atoms with Gasteiger partial charge >= 0.3 is 5.97 Å². The maximum atomic E-state index is 11.9. The summed E-state index contributed by atoms with van der Waals surface area (Å²) >= 11 is 7.87. The third-order valence-corrected chi connectivity index (χ3v) is 4.91. The van der Waals surface area contributed by atoms with Gasteiger partial charge in [0.2, 0.25) is 0 Å². The van der Waals surface area contributed by atoms with Crippen LogP contribution >= 0.6 is 23.4 Å². The van der Waals surface area contributed by atoms with Crippen molar-refractivity contribution in [2.75, 3.05) is 20.0 Å². The van der Waals surface area contributed by atoms with E-state index >= 15 is 0 Å². The SMILES string of the molecule is COc1ccc(OCC(=O)OCc2cc3ccc(SC)cc3nc2Cl)cc1. The lowest BCUT2D eigenvalue weighted by atomic mass is 10.2. The van der Waals surface area contributed by atoms with E-state index in [2.05, 4.69) is 4.98 Å². The zero-order valence-electron chi connectivity index (χ0n) is 14.9. The van der Waals surface area contributed by atoms with Gasteiger partial charge in [-0.1, -0.05) is 17.7 Å². The Kier molecular flexibility index (Phi) is 6.42. The maximum absolute atomic E-state index is 11.9. The normalized spacial score (nSPS) is 10.6. The van der Waals surface area contributed by atoms with Crippen molar-refractivity contribution < 1.29 is 19.0 Å². The fraction of sp³-hybridized carbons (Fsp3) is 0.200. The van der Waals surface area contributed by atoms with Gasteiger partial charge in [-0.15, -0.1) is 11.8 Å². The summed E-state index contributed by atoms with van der Waals surface area (Å²) in [5, 5.41) is 1.27. The molecular formula is C20H18ClNO4S. The van der Waals surface area contributed by atoms with Crippen LogP contribution in [0, 0.1) is 0 Å². The number of fused-ring (bicyclic) bond motifs is 1. The smallest absolute Gasteiger partial charge is 0.344 e. The minimum Gasteiger partial charge on any atom is -0.497 e. The predicted octanol–water partition coefficient (Wildman–Crippen LogP) is 4.74. The molecule has 0 saturated heterocycles. The van der Waals surface area contributed by atoms with Crippen LogP contribution in [0.25, 0.3) is 10.9 Å². The van der Waals surface area contributed by atoms with Crippen molar-refractivity contribution in [2.45, 2.75) is 11.5 Å². The van der Waals surface area contributed by atoms with Gasteiger partial charge in [0.05, 0.1) is 12.6 Å². The largest absolute Gasteiger partial charge is 0.497 e. The van der Waals surface area contributed by atoms with Crippen LogP contribution in [0.1, 0.15) is 5.56 Å². The Balaban J connectivity index is 1.58. The number of benzene rings is 2. The van der Waals surface area contributed by atoms with Crippen molar-refractivity contribution in [3.8, 4) is 11.5 Å². The number of carbonyl (C=O) groups excluding carboxylic acids is 1. The molecule has 0 atom stereocenters. The number of rotatable bonds is 7. The van der Waals surface area contributed by atoms with Gasteiger partial charge in [-0.3, -0.25) is 0 Å². The Bertz CT molecular complexity index is 947. The Hall–Kier alpha value is -2.44. The number of ether oxygens (including phenoxy) is 3. The summed E-state index contributed by atoms with van der Waals surface area (Å²) in [7, 11) is 1.59. The van der Waals surface area contributed by atoms with Crippen molar-refractivity contribution >= 4 is 40.2 Å². The summed E-state index contributed by atoms with van der Waals surface area (Å²) in [6, 6.07) is 14.8. The van der Waals surface area contributed by atoms with E-state index < -0.39 is 5.97 Å². The molecule has 140 valence electrons. The number of aromatic nitrogens is 1. The highest BCUT2D eigenvalue weighted by molar-refractivity contribution is 7.98. The Morgan fingerprint density at radius 3 is 2.56 bits per heavy atom. The molecule has 0 unspecified atom stereocenters. The molecule has 1 heterocycles. The van der Waals surface area contributed by atoms with Gasteiger partial charge in [-0.25, -0.2) is 9.78 Å². The predicted molar refractivity (Wildman–Crippen MR) is 107 cm³/mol. The zero-order valence-corrected chi connectivity index (χ0v) is 16.5. The monoisotopic (exact) mass is 403 g/mol. The lowest BCUT2D eigenvalue weighted by Gasteiger charge is -2.09. The highest BCUT2D eigenvalue weighted by Crippen LogP contribution is 2.25. The number of halogens is 1. The summed E-state index contributed by atoms with van der Waals surface area (Å²) in [6.45, 7) is -0.154. The Morgan fingerprint density at radius 1 is 1.11 bits per heavy atom. The van der Waals surface area contributed by atoms with Crippen LogP contribution in [-0.2, 0) is 16.1 Å². The van der Waals surface area contributed by atoms with Gasteiger partial charge in [-0.05, 0) is 48.7 Å². The average molecular weight is 404 g/mol. The van der Waals surface area contributed by atoms with Gasteiger partial charge in [0.15, 0.2) is 6.61 Å². The minimum absolute atomic E-state index is 0.0386. The summed E-state index contributed by atoms with van der Waals surface area (Å²) in [4.78, 5) is 17.4. The van der Waals surface area contributed by atoms with E-state index in [0.29, 0.717) is 22.2 Å². The fourth-order valence-electron chi connectivity index (χ4n) is 2.41. The zero-order chi connectivity index (χ0) is 19.2.